The topological polar surface area (TPSA) is 117 Å². The number of nitrogen functional groups attached to an aromatic ring is 1. The van der Waals surface area contributed by atoms with E-state index in [9.17, 15) is 9.59 Å². The average Bonchev–Trinajstić information content (AvgIpc) is 3.24. The molecule has 1 amide bonds. The van der Waals surface area contributed by atoms with Gasteiger partial charge in [0.25, 0.3) is 11.5 Å². The third kappa shape index (κ3) is 4.42. The Hall–Kier alpha value is -4.94. The van der Waals surface area contributed by atoms with Gasteiger partial charge in [-0.1, -0.05) is 42.2 Å². The zero-order valence-electron chi connectivity index (χ0n) is 20.3. The first kappa shape index (κ1) is 23.8. The molecule has 2 aromatic carbocycles. The van der Waals surface area contributed by atoms with E-state index >= 15 is 0 Å². The van der Waals surface area contributed by atoms with Crippen LogP contribution in [0.5, 0.6) is 0 Å². The van der Waals surface area contributed by atoms with Gasteiger partial charge < -0.3 is 15.8 Å². The summed E-state index contributed by atoms with van der Waals surface area (Å²) in [5.41, 5.74) is 8.21. The van der Waals surface area contributed by atoms with Crippen molar-refractivity contribution in [2.24, 2.45) is 0 Å². The first-order valence-corrected chi connectivity index (χ1v) is 11.6. The van der Waals surface area contributed by atoms with E-state index in [2.05, 4.69) is 27.2 Å². The monoisotopic (exact) mass is 492 g/mol. The van der Waals surface area contributed by atoms with Crippen molar-refractivity contribution in [2.45, 2.75) is 13.0 Å². The molecule has 37 heavy (non-hydrogen) atoms. The quantitative estimate of drug-likeness (QED) is 0.364. The van der Waals surface area contributed by atoms with Gasteiger partial charge in [0.2, 0.25) is 0 Å². The first-order chi connectivity index (χ1) is 18.0. The van der Waals surface area contributed by atoms with E-state index < -0.39 is 11.9 Å². The molecule has 0 aliphatic heterocycles. The highest BCUT2D eigenvalue weighted by molar-refractivity contribution is 6.04. The van der Waals surface area contributed by atoms with Crippen LogP contribution in [0.15, 0.2) is 77.9 Å². The predicted octanol–water partition coefficient (Wildman–Crippen LogP) is 3.10. The lowest BCUT2D eigenvalue weighted by atomic mass is 10.0. The van der Waals surface area contributed by atoms with Gasteiger partial charge in [0.05, 0.1) is 11.4 Å². The van der Waals surface area contributed by atoms with E-state index in [0.29, 0.717) is 28.0 Å². The fourth-order valence-electron chi connectivity index (χ4n) is 4.32. The van der Waals surface area contributed by atoms with Crippen molar-refractivity contribution in [3.63, 3.8) is 0 Å². The second-order valence-electron chi connectivity index (χ2n) is 8.39. The molecule has 1 unspecified atom stereocenters. The van der Waals surface area contributed by atoms with E-state index in [0.717, 1.165) is 5.39 Å². The van der Waals surface area contributed by atoms with Crippen molar-refractivity contribution in [3.05, 3.63) is 100 Å². The summed E-state index contributed by atoms with van der Waals surface area (Å²) < 4.78 is 8.09. The van der Waals surface area contributed by atoms with E-state index in [1.165, 1.54) is 4.52 Å². The maximum absolute atomic E-state index is 14.0. The lowest BCUT2D eigenvalue weighted by molar-refractivity contribution is 0.0941. The number of para-hydroxylation sites is 1. The summed E-state index contributed by atoms with van der Waals surface area (Å²) in [5.74, 6) is 5.60. The lowest BCUT2D eigenvalue weighted by Crippen LogP contribution is -2.32. The summed E-state index contributed by atoms with van der Waals surface area (Å²) in [6.45, 7) is 2.07. The number of hydrogen-bond acceptors (Lipinski definition) is 6. The smallest absolute Gasteiger partial charge is 0.264 e. The van der Waals surface area contributed by atoms with E-state index in [1.54, 1.807) is 30.1 Å². The number of nitrogens with zero attached hydrogens (tertiary/aromatic N) is 4. The zero-order valence-corrected chi connectivity index (χ0v) is 20.3. The molecule has 5 rings (SSSR count). The number of pyridine rings is 1. The number of fused-ring (bicyclic) bond motifs is 2. The Morgan fingerprint density at radius 3 is 2.76 bits per heavy atom. The van der Waals surface area contributed by atoms with Crippen LogP contribution in [0.4, 0.5) is 5.82 Å². The van der Waals surface area contributed by atoms with Crippen LogP contribution in [0.1, 0.15) is 34.6 Å². The maximum Gasteiger partial charge on any atom is 0.264 e. The molecule has 1 atom stereocenters. The molecule has 3 aromatic heterocycles. The Morgan fingerprint density at radius 1 is 1.16 bits per heavy atom. The van der Waals surface area contributed by atoms with Crippen LogP contribution >= 0.6 is 0 Å². The number of methoxy groups -OCH3 is 1. The summed E-state index contributed by atoms with van der Waals surface area (Å²) in [7, 11) is 1.57. The summed E-state index contributed by atoms with van der Waals surface area (Å²) in [5, 5.41) is 8.35. The van der Waals surface area contributed by atoms with Crippen LogP contribution in [0.3, 0.4) is 0 Å². The van der Waals surface area contributed by atoms with Crippen LogP contribution in [0.25, 0.3) is 22.1 Å². The minimum atomic E-state index is -0.564. The number of anilines is 1. The Kier molecular flexibility index (Phi) is 6.41. The van der Waals surface area contributed by atoms with Crippen LogP contribution in [0, 0.1) is 11.8 Å². The number of carbonyl (C=O) groups is 1. The van der Waals surface area contributed by atoms with Crippen molar-refractivity contribution < 1.29 is 9.53 Å². The van der Waals surface area contributed by atoms with Gasteiger partial charge in [0, 0.05) is 36.4 Å². The Bertz CT molecular complexity index is 1740. The molecule has 0 spiro atoms. The molecule has 0 radical (unpaired) electrons. The van der Waals surface area contributed by atoms with Crippen molar-refractivity contribution in [1.82, 2.24) is 24.5 Å². The van der Waals surface area contributed by atoms with Crippen molar-refractivity contribution in [3.8, 4) is 17.5 Å². The fraction of sp³-hybridized carbons (Fsp3) is 0.143. The van der Waals surface area contributed by atoms with Crippen LogP contribution < -0.4 is 16.6 Å². The third-order valence-electron chi connectivity index (χ3n) is 5.97. The van der Waals surface area contributed by atoms with Crippen LogP contribution in [-0.2, 0) is 4.74 Å². The molecule has 5 aromatic rings. The maximum atomic E-state index is 14.0. The zero-order chi connectivity index (χ0) is 25.9. The molecule has 0 aliphatic rings. The van der Waals surface area contributed by atoms with Crippen molar-refractivity contribution in [1.29, 1.82) is 0 Å². The van der Waals surface area contributed by atoms with Gasteiger partial charge in [-0.15, -0.1) is 5.10 Å². The van der Waals surface area contributed by atoms with Gasteiger partial charge in [0.15, 0.2) is 11.5 Å². The number of ether oxygens (including phenoxy) is 1. The molecular formula is C28H24N6O3. The van der Waals surface area contributed by atoms with Crippen molar-refractivity contribution in [2.75, 3.05) is 19.5 Å². The van der Waals surface area contributed by atoms with Crippen LogP contribution in [-0.4, -0.2) is 38.8 Å². The molecule has 0 aliphatic carbocycles. The number of nitrogens with two attached hydrogens (primary N) is 1. The summed E-state index contributed by atoms with van der Waals surface area (Å²) >= 11 is 0. The van der Waals surface area contributed by atoms with Gasteiger partial charge >= 0.3 is 0 Å². The van der Waals surface area contributed by atoms with E-state index in [-0.39, 0.29) is 23.5 Å². The summed E-state index contributed by atoms with van der Waals surface area (Å²) in [6, 6.07) is 17.8. The minimum absolute atomic E-state index is 0.0710. The van der Waals surface area contributed by atoms with Gasteiger partial charge in [0.1, 0.15) is 12.2 Å². The second-order valence-corrected chi connectivity index (χ2v) is 8.39. The van der Waals surface area contributed by atoms with Gasteiger partial charge in [-0.2, -0.15) is 0 Å². The molecule has 0 bridgehead atoms. The fourth-order valence-corrected chi connectivity index (χ4v) is 4.32. The molecule has 9 heteroatoms. The third-order valence-corrected chi connectivity index (χ3v) is 5.97. The van der Waals surface area contributed by atoms with Gasteiger partial charge in [-0.25, -0.2) is 9.50 Å². The largest absolute Gasteiger partial charge is 0.381 e. The number of rotatable bonds is 5. The van der Waals surface area contributed by atoms with E-state index in [4.69, 9.17) is 10.5 Å². The number of hydrogen-bond donors (Lipinski definition) is 2. The van der Waals surface area contributed by atoms with Gasteiger partial charge in [-0.05, 0) is 42.6 Å². The highest BCUT2D eigenvalue weighted by Gasteiger charge is 2.23. The molecule has 0 fully saturated rings. The average molecular weight is 493 g/mol. The molecule has 3 N–H and O–H groups in total. The Balaban J connectivity index is 1.64. The molecule has 0 saturated heterocycles. The van der Waals surface area contributed by atoms with Gasteiger partial charge in [-0.3, -0.25) is 14.2 Å². The first-order valence-electron chi connectivity index (χ1n) is 11.6. The molecular weight excluding hydrogens is 468 g/mol. The van der Waals surface area contributed by atoms with Crippen molar-refractivity contribution >= 4 is 28.1 Å². The number of benzene rings is 2. The van der Waals surface area contributed by atoms with Crippen LogP contribution in [0.2, 0.25) is 0 Å². The second kappa shape index (κ2) is 9.97. The molecule has 0 saturated carbocycles. The summed E-state index contributed by atoms with van der Waals surface area (Å²) in [4.78, 5) is 31.5. The normalized spacial score (nSPS) is 11.7. The molecule has 184 valence electrons. The lowest BCUT2D eigenvalue weighted by Gasteiger charge is -2.21. The number of nitrogens with one attached hydrogen (secondary N) is 1. The standard InChI is InChI=1S/C28H24N6O3/c1-18(31-27(35)24-25(29)32-33-15-8-14-30-26(24)33)22-17-20-10-6-9-19(11-7-16-37-2)23(20)28(36)34(22)21-12-4-3-5-13-21/h3-6,8-10,12-15,17-18H,16H2,1-2H3,(H2,29,32)(H,31,35). The highest BCUT2D eigenvalue weighted by Crippen LogP contribution is 2.24. The minimum Gasteiger partial charge on any atom is -0.381 e. The Morgan fingerprint density at radius 2 is 1.97 bits per heavy atom. The predicted molar refractivity (Wildman–Crippen MR) is 142 cm³/mol. The molecule has 9 nitrogen and oxygen atoms in total. The van der Waals surface area contributed by atoms with E-state index in [1.807, 2.05) is 61.5 Å². The Labute approximate surface area is 212 Å². The molecule has 3 heterocycles. The summed E-state index contributed by atoms with van der Waals surface area (Å²) in [6.07, 6.45) is 3.24. The number of carbonyl (C=O) groups excluding carboxylic acids is 1. The number of aromatic nitrogens is 4. The SMILES string of the molecule is COCC#Cc1cccc2cc(C(C)NC(=O)c3c(N)nn4cccnc34)n(-c3ccccc3)c(=O)c12. The number of amides is 1. The highest BCUT2D eigenvalue weighted by atomic mass is 16.5.